The third kappa shape index (κ3) is 2.84. The number of rotatable bonds is 3. The lowest BCUT2D eigenvalue weighted by molar-refractivity contribution is 0.00696. The minimum Gasteiger partial charge on any atom is -0.458 e. The summed E-state index contributed by atoms with van der Waals surface area (Å²) in [5, 5.41) is 0. The van der Waals surface area contributed by atoms with Crippen LogP contribution in [-0.2, 0) is 4.74 Å². The van der Waals surface area contributed by atoms with Crippen LogP contribution in [0.5, 0.6) is 0 Å². The topological polar surface area (TPSA) is 57.2 Å². The van der Waals surface area contributed by atoms with Crippen LogP contribution in [-0.4, -0.2) is 16.6 Å². The Balaban J connectivity index is 1.70. The Morgan fingerprint density at radius 3 is 2.50 bits per heavy atom. The first kappa shape index (κ1) is 13.5. The van der Waals surface area contributed by atoms with Gasteiger partial charge in [-0.2, -0.15) is 0 Å². The second-order valence-electron chi connectivity index (χ2n) is 6.74. The van der Waals surface area contributed by atoms with E-state index in [-0.39, 0.29) is 12.1 Å². The van der Waals surface area contributed by atoms with Gasteiger partial charge in [-0.3, -0.25) is 0 Å². The maximum atomic E-state index is 12.4. The smallest absolute Gasteiger partial charge is 0.355 e. The van der Waals surface area contributed by atoms with E-state index in [9.17, 15) is 4.79 Å². The molecule has 2 aliphatic rings. The highest BCUT2D eigenvalue weighted by molar-refractivity contribution is 5.89. The first-order valence-electron chi connectivity index (χ1n) is 7.71. The van der Waals surface area contributed by atoms with Crippen molar-refractivity contribution in [3.63, 3.8) is 0 Å². The molecule has 0 aromatic carbocycles. The number of carbonyl (C=O) groups is 1. The van der Waals surface area contributed by atoms with Crippen molar-refractivity contribution < 1.29 is 9.53 Å². The van der Waals surface area contributed by atoms with Crippen LogP contribution in [0.25, 0.3) is 0 Å². The third-order valence-electron chi connectivity index (χ3n) is 4.43. The molecule has 0 radical (unpaired) electrons. The van der Waals surface area contributed by atoms with Crippen molar-refractivity contribution >= 4 is 11.7 Å². The van der Waals surface area contributed by atoms with Crippen LogP contribution in [0.15, 0.2) is 12.3 Å². The van der Waals surface area contributed by atoms with Crippen LogP contribution in [0.4, 0.5) is 5.69 Å². The number of nitrogen functional groups attached to an aromatic ring is 1. The van der Waals surface area contributed by atoms with Gasteiger partial charge < -0.3 is 15.0 Å². The molecule has 1 heterocycles. The Morgan fingerprint density at radius 1 is 1.25 bits per heavy atom. The average molecular weight is 276 g/mol. The van der Waals surface area contributed by atoms with Crippen molar-refractivity contribution in [3.05, 3.63) is 18.0 Å². The summed E-state index contributed by atoms with van der Waals surface area (Å²) < 4.78 is 7.73. The summed E-state index contributed by atoms with van der Waals surface area (Å²) in [5.74, 6) is 1.06. The number of hydrogen-bond donors (Lipinski definition) is 1. The van der Waals surface area contributed by atoms with E-state index in [0.717, 1.165) is 25.7 Å². The van der Waals surface area contributed by atoms with E-state index in [1.807, 2.05) is 10.8 Å². The van der Waals surface area contributed by atoms with Crippen LogP contribution in [0.3, 0.4) is 0 Å². The van der Waals surface area contributed by atoms with Gasteiger partial charge in [0.15, 0.2) is 0 Å². The van der Waals surface area contributed by atoms with Gasteiger partial charge in [-0.15, -0.1) is 0 Å². The molecule has 4 nitrogen and oxygen atoms in total. The molecule has 1 aromatic heterocycles. The number of hydrogen-bond acceptors (Lipinski definition) is 3. The Hall–Kier alpha value is -1.45. The molecule has 2 saturated carbocycles. The van der Waals surface area contributed by atoms with Crippen molar-refractivity contribution in [2.24, 2.45) is 11.8 Å². The van der Waals surface area contributed by atoms with Gasteiger partial charge in [-0.25, -0.2) is 4.79 Å². The SMILES string of the molecule is CC1CC(C)CC(OC(=O)c2cc(N)cn2C2CC2)C1. The van der Waals surface area contributed by atoms with Crippen molar-refractivity contribution in [1.29, 1.82) is 0 Å². The van der Waals surface area contributed by atoms with Crippen molar-refractivity contribution in [1.82, 2.24) is 4.57 Å². The fourth-order valence-corrected chi connectivity index (χ4v) is 3.50. The second-order valence-corrected chi connectivity index (χ2v) is 6.74. The van der Waals surface area contributed by atoms with Crippen molar-refractivity contribution in [2.75, 3.05) is 5.73 Å². The van der Waals surface area contributed by atoms with Crippen molar-refractivity contribution in [3.8, 4) is 0 Å². The summed E-state index contributed by atoms with van der Waals surface area (Å²) in [7, 11) is 0. The zero-order chi connectivity index (χ0) is 14.3. The zero-order valence-electron chi connectivity index (χ0n) is 12.3. The van der Waals surface area contributed by atoms with Gasteiger partial charge in [-0.05, 0) is 50.0 Å². The lowest BCUT2D eigenvalue weighted by Gasteiger charge is -2.31. The lowest BCUT2D eigenvalue weighted by Crippen LogP contribution is -2.29. The highest BCUT2D eigenvalue weighted by atomic mass is 16.5. The monoisotopic (exact) mass is 276 g/mol. The summed E-state index contributed by atoms with van der Waals surface area (Å²) in [6, 6.07) is 2.19. The van der Waals surface area contributed by atoms with Gasteiger partial charge in [0.25, 0.3) is 0 Å². The zero-order valence-corrected chi connectivity index (χ0v) is 12.3. The normalized spacial score (nSPS) is 30.2. The van der Waals surface area contributed by atoms with Crippen molar-refractivity contribution in [2.45, 2.75) is 58.1 Å². The fraction of sp³-hybridized carbons (Fsp3) is 0.688. The molecule has 2 atom stereocenters. The maximum Gasteiger partial charge on any atom is 0.355 e. The number of nitrogens with two attached hydrogens (primary N) is 1. The Bertz CT molecular complexity index is 495. The molecule has 0 aliphatic heterocycles. The minimum atomic E-state index is -0.208. The number of aromatic nitrogens is 1. The van der Waals surface area contributed by atoms with E-state index in [1.165, 1.54) is 6.42 Å². The summed E-state index contributed by atoms with van der Waals surface area (Å²) in [6.45, 7) is 4.47. The van der Waals surface area contributed by atoms with Gasteiger partial charge in [0.2, 0.25) is 0 Å². The first-order chi connectivity index (χ1) is 9.52. The first-order valence-corrected chi connectivity index (χ1v) is 7.71. The van der Waals surface area contributed by atoms with Crippen LogP contribution in [0.2, 0.25) is 0 Å². The molecule has 2 fully saturated rings. The van der Waals surface area contributed by atoms with Gasteiger partial charge in [0.1, 0.15) is 11.8 Å². The van der Waals surface area contributed by atoms with Gasteiger partial charge in [-0.1, -0.05) is 13.8 Å². The molecular weight excluding hydrogens is 252 g/mol. The summed E-state index contributed by atoms with van der Waals surface area (Å²) in [4.78, 5) is 12.4. The molecule has 2 N–H and O–H groups in total. The largest absolute Gasteiger partial charge is 0.458 e. The van der Waals surface area contributed by atoms with E-state index in [0.29, 0.717) is 29.3 Å². The fourth-order valence-electron chi connectivity index (χ4n) is 3.50. The van der Waals surface area contributed by atoms with Gasteiger partial charge >= 0.3 is 5.97 Å². The summed E-state index contributed by atoms with van der Waals surface area (Å²) >= 11 is 0. The molecule has 0 spiro atoms. The number of nitrogens with zero attached hydrogens (tertiary/aromatic N) is 1. The molecule has 4 heteroatoms. The van der Waals surface area contributed by atoms with E-state index in [2.05, 4.69) is 13.8 Å². The molecule has 20 heavy (non-hydrogen) atoms. The number of carbonyl (C=O) groups excluding carboxylic acids is 1. The molecule has 1 aromatic rings. The van der Waals surface area contributed by atoms with Crippen LogP contribution < -0.4 is 5.73 Å². The van der Waals surface area contributed by atoms with Gasteiger partial charge in [0.05, 0.1) is 5.69 Å². The minimum absolute atomic E-state index is 0.0602. The van der Waals surface area contributed by atoms with Gasteiger partial charge in [0, 0.05) is 12.2 Å². The third-order valence-corrected chi connectivity index (χ3v) is 4.43. The molecule has 0 bridgehead atoms. The summed E-state index contributed by atoms with van der Waals surface area (Å²) in [6.07, 6.45) is 7.38. The van der Waals surface area contributed by atoms with E-state index >= 15 is 0 Å². The molecular formula is C16H24N2O2. The molecule has 2 unspecified atom stereocenters. The molecule has 0 amide bonds. The lowest BCUT2D eigenvalue weighted by atomic mass is 9.82. The maximum absolute atomic E-state index is 12.4. The predicted molar refractivity (Wildman–Crippen MR) is 78.5 cm³/mol. The molecule has 3 rings (SSSR count). The number of anilines is 1. The van der Waals surface area contributed by atoms with Crippen LogP contribution >= 0.6 is 0 Å². The second kappa shape index (κ2) is 5.15. The number of ether oxygens (including phenoxy) is 1. The van der Waals surface area contributed by atoms with E-state index in [4.69, 9.17) is 10.5 Å². The molecule has 2 aliphatic carbocycles. The highest BCUT2D eigenvalue weighted by Gasteiger charge is 2.31. The molecule has 110 valence electrons. The standard InChI is InChI=1S/C16H24N2O2/c1-10-5-11(2)7-14(6-10)20-16(19)15-8-12(17)9-18(15)13-3-4-13/h8-11,13-14H,3-7,17H2,1-2H3. The molecule has 0 saturated heterocycles. The van der Waals surface area contributed by atoms with E-state index in [1.54, 1.807) is 6.07 Å². The van der Waals surface area contributed by atoms with E-state index < -0.39 is 0 Å². The number of esters is 1. The quantitative estimate of drug-likeness (QED) is 0.861. The Morgan fingerprint density at radius 2 is 1.90 bits per heavy atom. The van der Waals surface area contributed by atoms with Crippen LogP contribution in [0, 0.1) is 11.8 Å². The Kier molecular flexibility index (Phi) is 3.48. The highest BCUT2D eigenvalue weighted by Crippen LogP contribution is 2.38. The average Bonchev–Trinajstić information content (AvgIpc) is 3.11. The summed E-state index contributed by atoms with van der Waals surface area (Å²) in [5.41, 5.74) is 7.10. The Labute approximate surface area is 120 Å². The van der Waals surface area contributed by atoms with Crippen LogP contribution in [0.1, 0.15) is 62.5 Å². The predicted octanol–water partition coefficient (Wildman–Crippen LogP) is 3.39.